The second kappa shape index (κ2) is 5.38. The van der Waals surface area contributed by atoms with E-state index in [0.717, 1.165) is 12.8 Å². The van der Waals surface area contributed by atoms with Crippen molar-refractivity contribution in [3.05, 3.63) is 11.8 Å². The summed E-state index contributed by atoms with van der Waals surface area (Å²) in [5, 5.41) is 9.48. The Bertz CT molecular complexity index is 720. The number of nitrogens with zero attached hydrogens (tertiary/aromatic N) is 2. The third-order valence-corrected chi connectivity index (χ3v) is 5.65. The summed E-state index contributed by atoms with van der Waals surface area (Å²) in [5.74, 6) is 0.109. The fraction of sp³-hybridized carbons (Fsp3) is 0.615. The number of sulfone groups is 1. The molecule has 1 aromatic heterocycles. The van der Waals surface area contributed by atoms with E-state index in [1.54, 1.807) is 7.05 Å². The summed E-state index contributed by atoms with van der Waals surface area (Å²) in [4.78, 5) is 23.9. The summed E-state index contributed by atoms with van der Waals surface area (Å²) >= 11 is 0. The van der Waals surface area contributed by atoms with Gasteiger partial charge in [-0.25, -0.2) is 8.42 Å². The molecule has 9 heteroatoms. The SMILES string of the molecule is Cn1nc(C(=O)NC2CCS(=O)(=O)C2)cc1NC(=O)C1CC1. The Morgan fingerprint density at radius 3 is 2.64 bits per heavy atom. The van der Waals surface area contributed by atoms with Gasteiger partial charge in [0.05, 0.1) is 11.5 Å². The summed E-state index contributed by atoms with van der Waals surface area (Å²) in [5.41, 5.74) is 0.165. The maximum absolute atomic E-state index is 12.1. The minimum atomic E-state index is -3.04. The molecule has 0 spiro atoms. The average Bonchev–Trinajstić information content (AvgIpc) is 3.15. The molecule has 120 valence electrons. The lowest BCUT2D eigenvalue weighted by molar-refractivity contribution is -0.117. The van der Waals surface area contributed by atoms with Gasteiger partial charge in [-0.3, -0.25) is 14.3 Å². The van der Waals surface area contributed by atoms with Crippen LogP contribution in [0.3, 0.4) is 0 Å². The molecule has 1 unspecified atom stereocenters. The van der Waals surface area contributed by atoms with Crippen LogP contribution < -0.4 is 10.6 Å². The number of carbonyl (C=O) groups excluding carboxylic acids is 2. The summed E-state index contributed by atoms with van der Waals surface area (Å²) in [6.45, 7) is 0. The first-order chi connectivity index (χ1) is 10.3. The second-order valence-corrected chi connectivity index (χ2v) is 8.10. The number of aromatic nitrogens is 2. The lowest BCUT2D eigenvalue weighted by Crippen LogP contribution is -2.35. The maximum Gasteiger partial charge on any atom is 0.272 e. The van der Waals surface area contributed by atoms with E-state index in [1.807, 2.05) is 0 Å². The van der Waals surface area contributed by atoms with Crippen molar-refractivity contribution in [3.63, 3.8) is 0 Å². The van der Waals surface area contributed by atoms with E-state index in [0.29, 0.717) is 12.2 Å². The number of hydrogen-bond acceptors (Lipinski definition) is 5. The fourth-order valence-electron chi connectivity index (χ4n) is 2.44. The number of rotatable bonds is 4. The standard InChI is InChI=1S/C13H18N4O4S/c1-17-11(15-12(18)8-2-3-8)6-10(16-17)13(19)14-9-4-5-22(20,21)7-9/h6,8-9H,2-5,7H2,1H3,(H,14,19)(H,15,18). The van der Waals surface area contributed by atoms with Crippen LogP contribution in [0.15, 0.2) is 6.07 Å². The van der Waals surface area contributed by atoms with Crippen LogP contribution >= 0.6 is 0 Å². The number of anilines is 1. The summed E-state index contributed by atoms with van der Waals surface area (Å²) in [7, 11) is -1.40. The number of nitrogens with one attached hydrogen (secondary N) is 2. The molecule has 1 atom stereocenters. The number of hydrogen-bond donors (Lipinski definition) is 2. The minimum Gasteiger partial charge on any atom is -0.347 e. The zero-order valence-electron chi connectivity index (χ0n) is 12.2. The van der Waals surface area contributed by atoms with Crippen LogP contribution in [0.2, 0.25) is 0 Å². The molecule has 2 amide bonds. The third-order valence-electron chi connectivity index (χ3n) is 3.88. The van der Waals surface area contributed by atoms with Gasteiger partial charge in [0, 0.05) is 25.1 Å². The van der Waals surface area contributed by atoms with E-state index >= 15 is 0 Å². The highest BCUT2D eigenvalue weighted by Crippen LogP contribution is 2.30. The molecule has 1 aliphatic heterocycles. The third kappa shape index (κ3) is 3.29. The Morgan fingerprint density at radius 1 is 1.32 bits per heavy atom. The average molecular weight is 326 g/mol. The molecule has 8 nitrogen and oxygen atoms in total. The minimum absolute atomic E-state index is 0.0309. The molecular weight excluding hydrogens is 308 g/mol. The lowest BCUT2D eigenvalue weighted by Gasteiger charge is -2.08. The largest absolute Gasteiger partial charge is 0.347 e. The molecule has 1 saturated carbocycles. The van der Waals surface area contributed by atoms with E-state index in [2.05, 4.69) is 15.7 Å². The molecule has 1 aliphatic carbocycles. The first-order valence-corrected chi connectivity index (χ1v) is 9.02. The maximum atomic E-state index is 12.1. The van der Waals surface area contributed by atoms with Gasteiger partial charge in [-0.15, -0.1) is 0 Å². The Balaban J connectivity index is 1.64. The van der Waals surface area contributed by atoms with Crippen molar-refractivity contribution in [2.45, 2.75) is 25.3 Å². The first kappa shape index (κ1) is 15.0. The molecule has 0 bridgehead atoms. The Hall–Kier alpha value is -1.90. The van der Waals surface area contributed by atoms with Crippen LogP contribution in [0.4, 0.5) is 5.82 Å². The van der Waals surface area contributed by atoms with Gasteiger partial charge in [0.1, 0.15) is 5.82 Å². The zero-order chi connectivity index (χ0) is 15.9. The molecule has 22 heavy (non-hydrogen) atoms. The van der Waals surface area contributed by atoms with Crippen molar-refractivity contribution in [2.75, 3.05) is 16.8 Å². The summed E-state index contributed by atoms with van der Waals surface area (Å²) in [6, 6.07) is 1.13. The zero-order valence-corrected chi connectivity index (χ0v) is 13.0. The van der Waals surface area contributed by atoms with E-state index < -0.39 is 15.7 Å². The summed E-state index contributed by atoms with van der Waals surface area (Å²) < 4.78 is 24.2. The Labute approximate surface area is 128 Å². The Morgan fingerprint density at radius 2 is 2.05 bits per heavy atom. The molecule has 3 rings (SSSR count). The second-order valence-electron chi connectivity index (χ2n) is 5.88. The van der Waals surface area contributed by atoms with E-state index in [9.17, 15) is 18.0 Å². The van der Waals surface area contributed by atoms with Gasteiger partial charge in [0.25, 0.3) is 5.91 Å². The van der Waals surface area contributed by atoms with Gasteiger partial charge in [-0.2, -0.15) is 5.10 Å². The van der Waals surface area contributed by atoms with Crippen molar-refractivity contribution < 1.29 is 18.0 Å². The van der Waals surface area contributed by atoms with Gasteiger partial charge >= 0.3 is 0 Å². The smallest absolute Gasteiger partial charge is 0.272 e. The van der Waals surface area contributed by atoms with Gasteiger partial charge in [0.2, 0.25) is 5.91 Å². The van der Waals surface area contributed by atoms with Crippen molar-refractivity contribution in [1.29, 1.82) is 0 Å². The topological polar surface area (TPSA) is 110 Å². The molecule has 0 aromatic carbocycles. The van der Waals surface area contributed by atoms with E-state index in [4.69, 9.17) is 0 Å². The predicted molar refractivity (Wildman–Crippen MR) is 79.1 cm³/mol. The summed E-state index contributed by atoms with van der Waals surface area (Å²) in [6.07, 6.45) is 2.21. The number of carbonyl (C=O) groups is 2. The van der Waals surface area contributed by atoms with Crippen LogP contribution in [-0.2, 0) is 21.7 Å². The van der Waals surface area contributed by atoms with Gasteiger partial charge in [-0.1, -0.05) is 0 Å². The highest BCUT2D eigenvalue weighted by Gasteiger charge is 2.31. The highest BCUT2D eigenvalue weighted by atomic mass is 32.2. The van der Waals surface area contributed by atoms with Crippen LogP contribution in [0, 0.1) is 5.92 Å². The lowest BCUT2D eigenvalue weighted by atomic mass is 10.2. The van der Waals surface area contributed by atoms with E-state index in [-0.39, 0.29) is 35.1 Å². The molecule has 1 aromatic rings. The molecule has 2 N–H and O–H groups in total. The van der Waals surface area contributed by atoms with Crippen LogP contribution in [-0.4, -0.2) is 47.6 Å². The number of amides is 2. The van der Waals surface area contributed by atoms with Crippen LogP contribution in [0.1, 0.15) is 29.8 Å². The van der Waals surface area contributed by atoms with Crippen molar-refractivity contribution >= 4 is 27.5 Å². The van der Waals surface area contributed by atoms with Gasteiger partial charge in [-0.05, 0) is 19.3 Å². The molecule has 2 heterocycles. The quantitative estimate of drug-likeness (QED) is 0.788. The van der Waals surface area contributed by atoms with Crippen molar-refractivity contribution in [1.82, 2.24) is 15.1 Å². The normalized spacial score (nSPS) is 23.2. The molecule has 1 saturated heterocycles. The molecule has 0 radical (unpaired) electrons. The Kier molecular flexibility index (Phi) is 3.67. The van der Waals surface area contributed by atoms with Crippen molar-refractivity contribution in [3.8, 4) is 0 Å². The van der Waals surface area contributed by atoms with E-state index in [1.165, 1.54) is 10.7 Å². The molecule has 2 fully saturated rings. The molecule has 2 aliphatic rings. The predicted octanol–water partition coefficient (Wildman–Crippen LogP) is -0.314. The van der Waals surface area contributed by atoms with Crippen molar-refractivity contribution in [2.24, 2.45) is 13.0 Å². The van der Waals surface area contributed by atoms with Gasteiger partial charge in [0.15, 0.2) is 15.5 Å². The fourth-order valence-corrected chi connectivity index (χ4v) is 4.11. The van der Waals surface area contributed by atoms with Gasteiger partial charge < -0.3 is 10.6 Å². The van der Waals surface area contributed by atoms with Crippen LogP contribution in [0.25, 0.3) is 0 Å². The van der Waals surface area contributed by atoms with Crippen LogP contribution in [0.5, 0.6) is 0 Å². The highest BCUT2D eigenvalue weighted by molar-refractivity contribution is 7.91. The monoisotopic (exact) mass is 326 g/mol. The number of aryl methyl sites for hydroxylation is 1. The first-order valence-electron chi connectivity index (χ1n) is 7.20. The molecular formula is C13H18N4O4S.